The minimum Gasteiger partial charge on any atom is -0.497 e. The zero-order chi connectivity index (χ0) is 18.4. The zero-order valence-electron chi connectivity index (χ0n) is 14.0. The number of thiazole rings is 1. The van der Waals surface area contributed by atoms with E-state index in [1.54, 1.807) is 25.3 Å². The molecule has 1 N–H and O–H groups in total. The molecule has 136 valence electrons. The topological polar surface area (TPSA) is 54.5 Å². The number of ether oxygens (including phenoxy) is 1. The number of fused-ring (bicyclic) bond motifs is 1. The molecule has 0 unspecified atom stereocenters. The van der Waals surface area contributed by atoms with Crippen molar-refractivity contribution in [3.8, 4) is 5.75 Å². The van der Waals surface area contributed by atoms with Crippen LogP contribution in [0.2, 0.25) is 0 Å². The maximum Gasteiger partial charge on any atom is 0.394 e. The summed E-state index contributed by atoms with van der Waals surface area (Å²) >= 11 is 1.25. The molecular formula is C16H18F3N3O2S. The van der Waals surface area contributed by atoms with E-state index < -0.39 is 23.7 Å². The summed E-state index contributed by atoms with van der Waals surface area (Å²) < 4.78 is 45.4. The molecular weight excluding hydrogens is 355 g/mol. The second kappa shape index (κ2) is 6.05. The minimum atomic E-state index is -4.33. The van der Waals surface area contributed by atoms with Gasteiger partial charge in [0, 0.05) is 6.54 Å². The number of methoxy groups -OCH3 is 1. The van der Waals surface area contributed by atoms with E-state index in [-0.39, 0.29) is 13.0 Å². The molecule has 3 rings (SSSR count). The molecule has 1 saturated heterocycles. The van der Waals surface area contributed by atoms with Crippen molar-refractivity contribution >= 4 is 32.7 Å². The number of nitrogens with one attached hydrogen (secondary N) is 1. The molecule has 0 radical (unpaired) electrons. The van der Waals surface area contributed by atoms with Crippen LogP contribution in [0.1, 0.15) is 20.3 Å². The summed E-state index contributed by atoms with van der Waals surface area (Å²) in [5.74, 6) is -0.867. The van der Waals surface area contributed by atoms with E-state index in [1.165, 1.54) is 30.1 Å². The van der Waals surface area contributed by atoms with Crippen molar-refractivity contribution in [1.29, 1.82) is 0 Å². The average Bonchev–Trinajstić information content (AvgIpc) is 3.04. The maximum absolute atomic E-state index is 13.2. The van der Waals surface area contributed by atoms with Gasteiger partial charge in [0.1, 0.15) is 5.75 Å². The van der Waals surface area contributed by atoms with Gasteiger partial charge in [-0.2, -0.15) is 13.2 Å². The number of aromatic nitrogens is 1. The Morgan fingerprint density at radius 2 is 2.16 bits per heavy atom. The number of hydrogen-bond acceptors (Lipinski definition) is 4. The standard InChI is InChI=1S/C16H18F3N3O2S/c1-15(2)12(16(17,18)19)6-7-22(15)14(23)21-13-20-10-5-4-9(24-3)8-11(10)25-13/h4-5,8,12H,6-7H2,1-3H3,(H,20,21,23)/t12-/m1/s1. The Labute approximate surface area is 146 Å². The lowest BCUT2D eigenvalue weighted by Gasteiger charge is -2.36. The number of benzene rings is 1. The monoisotopic (exact) mass is 373 g/mol. The maximum atomic E-state index is 13.2. The van der Waals surface area contributed by atoms with Crippen molar-refractivity contribution in [3.05, 3.63) is 18.2 Å². The molecule has 1 aliphatic heterocycles. The van der Waals surface area contributed by atoms with Crippen LogP contribution in [0.25, 0.3) is 10.2 Å². The number of hydrogen-bond donors (Lipinski definition) is 1. The van der Waals surface area contributed by atoms with E-state index in [1.807, 2.05) is 0 Å². The number of urea groups is 1. The first-order valence-corrected chi connectivity index (χ1v) is 8.54. The van der Waals surface area contributed by atoms with Gasteiger partial charge in [-0.3, -0.25) is 5.32 Å². The second-order valence-electron chi connectivity index (χ2n) is 6.47. The molecule has 2 aromatic rings. The Morgan fingerprint density at radius 3 is 2.76 bits per heavy atom. The van der Waals surface area contributed by atoms with Gasteiger partial charge in [0.15, 0.2) is 5.13 Å². The third kappa shape index (κ3) is 3.24. The Morgan fingerprint density at radius 1 is 1.44 bits per heavy atom. The summed E-state index contributed by atoms with van der Waals surface area (Å²) in [6, 6.07) is 4.75. The summed E-state index contributed by atoms with van der Waals surface area (Å²) in [6.07, 6.45) is -4.42. The minimum absolute atomic E-state index is 0.0573. The van der Waals surface area contributed by atoms with Crippen molar-refractivity contribution in [3.63, 3.8) is 0 Å². The SMILES string of the molecule is COc1ccc2nc(NC(=O)N3CC[C@@H](C(F)(F)F)C3(C)C)sc2c1. The first-order valence-electron chi connectivity index (χ1n) is 7.73. The predicted molar refractivity (Wildman–Crippen MR) is 90.1 cm³/mol. The fourth-order valence-corrected chi connectivity index (χ4v) is 4.14. The van der Waals surface area contributed by atoms with Gasteiger partial charge in [-0.15, -0.1) is 0 Å². The molecule has 2 amide bonds. The van der Waals surface area contributed by atoms with Gasteiger partial charge >= 0.3 is 12.2 Å². The number of carbonyl (C=O) groups is 1. The molecule has 1 aromatic carbocycles. The summed E-state index contributed by atoms with van der Waals surface area (Å²) in [5, 5.41) is 2.97. The van der Waals surface area contributed by atoms with Crippen molar-refractivity contribution in [1.82, 2.24) is 9.88 Å². The molecule has 5 nitrogen and oxygen atoms in total. The highest BCUT2D eigenvalue weighted by molar-refractivity contribution is 7.22. The van der Waals surface area contributed by atoms with Crippen molar-refractivity contribution in [2.75, 3.05) is 19.0 Å². The summed E-state index contributed by atoms with van der Waals surface area (Å²) in [5.41, 5.74) is -0.614. The van der Waals surface area contributed by atoms with E-state index in [4.69, 9.17) is 4.74 Å². The highest BCUT2D eigenvalue weighted by Gasteiger charge is 2.56. The number of anilines is 1. The van der Waals surface area contributed by atoms with Crippen LogP contribution in [0.3, 0.4) is 0 Å². The van der Waals surface area contributed by atoms with Crippen molar-refractivity contribution < 1.29 is 22.7 Å². The van der Waals surface area contributed by atoms with Gasteiger partial charge in [0.25, 0.3) is 0 Å². The number of likely N-dealkylation sites (tertiary alicyclic amines) is 1. The number of nitrogens with zero attached hydrogens (tertiary/aromatic N) is 2. The van der Waals surface area contributed by atoms with Gasteiger partial charge in [-0.05, 0) is 38.5 Å². The fourth-order valence-electron chi connectivity index (χ4n) is 3.26. The Kier molecular flexibility index (Phi) is 4.30. The molecule has 1 fully saturated rings. The van der Waals surface area contributed by atoms with Crippen LogP contribution in [0.5, 0.6) is 5.75 Å². The van der Waals surface area contributed by atoms with E-state index in [2.05, 4.69) is 10.3 Å². The molecule has 1 aromatic heterocycles. The largest absolute Gasteiger partial charge is 0.497 e. The van der Waals surface area contributed by atoms with Crippen molar-refractivity contribution in [2.24, 2.45) is 5.92 Å². The van der Waals surface area contributed by atoms with Crippen LogP contribution >= 0.6 is 11.3 Å². The third-order valence-electron chi connectivity index (χ3n) is 4.64. The van der Waals surface area contributed by atoms with Crippen molar-refractivity contribution in [2.45, 2.75) is 32.0 Å². The molecule has 0 aliphatic carbocycles. The van der Waals surface area contributed by atoms with E-state index >= 15 is 0 Å². The first kappa shape index (κ1) is 17.8. The number of carbonyl (C=O) groups excluding carboxylic acids is 1. The lowest BCUT2D eigenvalue weighted by molar-refractivity contribution is -0.189. The Balaban J connectivity index is 1.78. The molecule has 1 atom stereocenters. The Bertz CT molecular complexity index is 804. The number of halogens is 3. The zero-order valence-corrected chi connectivity index (χ0v) is 14.8. The number of rotatable bonds is 2. The third-order valence-corrected chi connectivity index (χ3v) is 5.57. The quantitative estimate of drug-likeness (QED) is 0.843. The first-order chi connectivity index (χ1) is 11.6. The second-order valence-corrected chi connectivity index (χ2v) is 7.50. The number of amides is 2. The lowest BCUT2D eigenvalue weighted by atomic mass is 9.88. The molecule has 2 heterocycles. The normalized spacial score (nSPS) is 20.1. The van der Waals surface area contributed by atoms with E-state index in [0.717, 1.165) is 4.70 Å². The highest BCUT2D eigenvalue weighted by Crippen LogP contribution is 2.45. The molecule has 0 saturated carbocycles. The van der Waals surface area contributed by atoms with Crippen LogP contribution in [0.15, 0.2) is 18.2 Å². The molecule has 0 spiro atoms. The number of alkyl halides is 3. The van der Waals surface area contributed by atoms with Crippen LogP contribution in [-0.2, 0) is 0 Å². The van der Waals surface area contributed by atoms with Gasteiger partial charge in [-0.1, -0.05) is 11.3 Å². The van der Waals surface area contributed by atoms with Gasteiger partial charge in [-0.25, -0.2) is 9.78 Å². The molecule has 9 heteroatoms. The summed E-state index contributed by atoms with van der Waals surface area (Å²) in [6.45, 7) is 2.95. The van der Waals surface area contributed by atoms with E-state index in [9.17, 15) is 18.0 Å². The molecule has 25 heavy (non-hydrogen) atoms. The fraction of sp³-hybridized carbons (Fsp3) is 0.500. The Hall–Kier alpha value is -2.03. The average molecular weight is 373 g/mol. The lowest BCUT2D eigenvalue weighted by Crippen LogP contribution is -2.51. The summed E-state index contributed by atoms with van der Waals surface area (Å²) in [4.78, 5) is 18.0. The van der Waals surface area contributed by atoms with Gasteiger partial charge < -0.3 is 9.64 Å². The predicted octanol–water partition coefficient (Wildman–Crippen LogP) is 4.50. The summed E-state index contributed by atoms with van der Waals surface area (Å²) in [7, 11) is 1.55. The van der Waals surface area contributed by atoms with Crippen LogP contribution in [-0.4, -0.2) is 41.3 Å². The van der Waals surface area contributed by atoms with Gasteiger partial charge in [0.2, 0.25) is 0 Å². The molecule has 1 aliphatic rings. The smallest absolute Gasteiger partial charge is 0.394 e. The highest BCUT2D eigenvalue weighted by atomic mass is 32.1. The van der Waals surface area contributed by atoms with Gasteiger partial charge in [0.05, 0.1) is 28.8 Å². The van der Waals surface area contributed by atoms with Crippen LogP contribution in [0.4, 0.5) is 23.1 Å². The van der Waals surface area contributed by atoms with Crippen LogP contribution in [0, 0.1) is 5.92 Å². The van der Waals surface area contributed by atoms with E-state index in [0.29, 0.717) is 16.4 Å². The van der Waals surface area contributed by atoms with Crippen LogP contribution < -0.4 is 10.1 Å². The molecule has 0 bridgehead atoms.